The van der Waals surface area contributed by atoms with Gasteiger partial charge in [-0.1, -0.05) is 17.7 Å². The van der Waals surface area contributed by atoms with E-state index < -0.39 is 11.6 Å². The number of nitrogens with one attached hydrogen (secondary N) is 2. The maximum absolute atomic E-state index is 13.7. The standard InChI is InChI=1S/C22H24F2N2O2/c1-13-3-9-19(14(2)11-13)25-21(27)15-4-6-16(7-5-15)22(28)26-20-10-8-17(23)12-18(20)24/h3,8-12,15-16H,4-7H2,1-2H3,(H,25,27)(H,26,28). The molecular formula is C22H24F2N2O2. The Morgan fingerprint density at radius 1 is 0.821 bits per heavy atom. The van der Waals surface area contributed by atoms with Crippen molar-refractivity contribution in [1.82, 2.24) is 0 Å². The third kappa shape index (κ3) is 4.74. The van der Waals surface area contributed by atoms with Crippen molar-refractivity contribution >= 4 is 23.2 Å². The number of hydrogen-bond acceptors (Lipinski definition) is 2. The van der Waals surface area contributed by atoms with Crippen molar-refractivity contribution in [3.63, 3.8) is 0 Å². The monoisotopic (exact) mass is 386 g/mol. The maximum atomic E-state index is 13.7. The summed E-state index contributed by atoms with van der Waals surface area (Å²) in [7, 11) is 0. The van der Waals surface area contributed by atoms with Crippen LogP contribution in [-0.4, -0.2) is 11.8 Å². The van der Waals surface area contributed by atoms with Crippen molar-refractivity contribution in [2.75, 3.05) is 10.6 Å². The Labute approximate surface area is 163 Å². The summed E-state index contributed by atoms with van der Waals surface area (Å²) in [5.74, 6) is -2.24. The lowest BCUT2D eigenvalue weighted by Gasteiger charge is -2.27. The Kier molecular flexibility index (Phi) is 6.07. The Morgan fingerprint density at radius 2 is 1.36 bits per heavy atom. The minimum atomic E-state index is -0.796. The molecule has 0 spiro atoms. The molecule has 0 aromatic heterocycles. The molecule has 4 nitrogen and oxygen atoms in total. The average Bonchev–Trinajstić information content (AvgIpc) is 2.66. The Balaban J connectivity index is 1.53. The van der Waals surface area contributed by atoms with Gasteiger partial charge < -0.3 is 10.6 Å². The van der Waals surface area contributed by atoms with Gasteiger partial charge in [0, 0.05) is 23.6 Å². The Hall–Kier alpha value is -2.76. The predicted molar refractivity (Wildman–Crippen MR) is 105 cm³/mol. The molecule has 28 heavy (non-hydrogen) atoms. The first-order valence-electron chi connectivity index (χ1n) is 9.47. The number of hydrogen-bond donors (Lipinski definition) is 2. The summed E-state index contributed by atoms with van der Waals surface area (Å²) in [6.45, 7) is 3.96. The molecule has 1 aliphatic carbocycles. The molecule has 1 aliphatic rings. The minimum absolute atomic E-state index is 0.0267. The third-order valence-electron chi connectivity index (χ3n) is 5.30. The summed E-state index contributed by atoms with van der Waals surface area (Å²) in [4.78, 5) is 24.9. The highest BCUT2D eigenvalue weighted by atomic mass is 19.1. The highest BCUT2D eigenvalue weighted by Crippen LogP contribution is 2.31. The Bertz CT molecular complexity index is 817. The smallest absolute Gasteiger partial charge is 0.227 e. The Morgan fingerprint density at radius 3 is 1.89 bits per heavy atom. The van der Waals surface area contributed by atoms with E-state index in [2.05, 4.69) is 10.6 Å². The molecule has 0 heterocycles. The second-order valence-electron chi connectivity index (χ2n) is 7.47. The molecule has 0 unspecified atom stereocenters. The van der Waals surface area contributed by atoms with E-state index in [1.54, 1.807) is 0 Å². The zero-order chi connectivity index (χ0) is 20.3. The largest absolute Gasteiger partial charge is 0.326 e. The van der Waals surface area contributed by atoms with Gasteiger partial charge in [-0.05, 0) is 63.3 Å². The molecule has 148 valence electrons. The SMILES string of the molecule is Cc1ccc(NC(=O)C2CCC(C(=O)Nc3ccc(F)cc3F)CC2)c(C)c1. The van der Waals surface area contributed by atoms with Crippen LogP contribution in [0, 0.1) is 37.3 Å². The van der Waals surface area contributed by atoms with Crippen molar-refractivity contribution in [3.05, 3.63) is 59.2 Å². The van der Waals surface area contributed by atoms with E-state index in [9.17, 15) is 18.4 Å². The van der Waals surface area contributed by atoms with Crippen LogP contribution in [0.3, 0.4) is 0 Å². The van der Waals surface area contributed by atoms with Crippen LogP contribution in [0.15, 0.2) is 36.4 Å². The summed E-state index contributed by atoms with van der Waals surface area (Å²) in [5, 5.41) is 5.50. The molecule has 0 saturated heterocycles. The molecule has 1 saturated carbocycles. The first kappa shape index (κ1) is 20.0. The van der Waals surface area contributed by atoms with E-state index in [0.717, 1.165) is 28.9 Å². The maximum Gasteiger partial charge on any atom is 0.227 e. The molecule has 2 amide bonds. The van der Waals surface area contributed by atoms with Crippen LogP contribution in [0.2, 0.25) is 0 Å². The highest BCUT2D eigenvalue weighted by molar-refractivity contribution is 5.95. The lowest BCUT2D eigenvalue weighted by atomic mass is 9.81. The summed E-state index contributed by atoms with van der Waals surface area (Å²) in [6, 6.07) is 8.94. The first-order chi connectivity index (χ1) is 13.3. The molecule has 1 fully saturated rings. The van der Waals surface area contributed by atoms with E-state index in [-0.39, 0.29) is 29.3 Å². The van der Waals surface area contributed by atoms with Crippen LogP contribution in [-0.2, 0) is 9.59 Å². The molecule has 3 rings (SSSR count). The van der Waals surface area contributed by atoms with Crippen LogP contribution >= 0.6 is 0 Å². The fraction of sp³-hybridized carbons (Fsp3) is 0.364. The highest BCUT2D eigenvalue weighted by Gasteiger charge is 2.30. The number of amides is 2. The molecule has 0 atom stereocenters. The predicted octanol–water partition coefficient (Wildman–Crippen LogP) is 4.97. The number of rotatable bonds is 4. The lowest BCUT2D eigenvalue weighted by molar-refractivity contribution is -0.125. The van der Waals surface area contributed by atoms with Crippen molar-refractivity contribution in [3.8, 4) is 0 Å². The van der Waals surface area contributed by atoms with E-state index in [0.29, 0.717) is 25.7 Å². The molecule has 0 bridgehead atoms. The van der Waals surface area contributed by atoms with Crippen LogP contribution in [0.25, 0.3) is 0 Å². The number of anilines is 2. The van der Waals surface area contributed by atoms with Crippen LogP contribution in [0.1, 0.15) is 36.8 Å². The van der Waals surface area contributed by atoms with E-state index in [1.807, 2.05) is 32.0 Å². The van der Waals surface area contributed by atoms with Gasteiger partial charge in [0.25, 0.3) is 0 Å². The normalized spacial score (nSPS) is 19.1. The van der Waals surface area contributed by atoms with Crippen molar-refractivity contribution in [2.24, 2.45) is 11.8 Å². The van der Waals surface area contributed by atoms with Crippen molar-refractivity contribution in [1.29, 1.82) is 0 Å². The van der Waals surface area contributed by atoms with Gasteiger partial charge in [-0.2, -0.15) is 0 Å². The topological polar surface area (TPSA) is 58.2 Å². The van der Waals surface area contributed by atoms with Crippen LogP contribution in [0.5, 0.6) is 0 Å². The summed E-state index contributed by atoms with van der Waals surface area (Å²) in [5.41, 5.74) is 2.94. The lowest BCUT2D eigenvalue weighted by Crippen LogP contribution is -2.32. The molecule has 0 aliphatic heterocycles. The van der Waals surface area contributed by atoms with E-state index >= 15 is 0 Å². The molecule has 0 radical (unpaired) electrons. The number of carbonyl (C=O) groups is 2. The number of benzene rings is 2. The minimum Gasteiger partial charge on any atom is -0.326 e. The number of aryl methyl sites for hydroxylation is 2. The fourth-order valence-electron chi connectivity index (χ4n) is 3.63. The zero-order valence-electron chi connectivity index (χ0n) is 16.0. The van der Waals surface area contributed by atoms with E-state index in [1.165, 1.54) is 6.07 Å². The van der Waals surface area contributed by atoms with Gasteiger partial charge in [0.2, 0.25) is 11.8 Å². The summed E-state index contributed by atoms with van der Waals surface area (Å²) in [6.07, 6.45) is 2.31. The zero-order valence-corrected chi connectivity index (χ0v) is 16.0. The van der Waals surface area contributed by atoms with Gasteiger partial charge >= 0.3 is 0 Å². The molecule has 2 N–H and O–H groups in total. The molecule has 2 aromatic carbocycles. The molecule has 2 aromatic rings. The van der Waals surface area contributed by atoms with E-state index in [4.69, 9.17) is 0 Å². The van der Waals surface area contributed by atoms with Gasteiger partial charge in [0.1, 0.15) is 11.6 Å². The van der Waals surface area contributed by atoms with Crippen LogP contribution in [0.4, 0.5) is 20.2 Å². The summed E-state index contributed by atoms with van der Waals surface area (Å²) >= 11 is 0. The van der Waals surface area contributed by atoms with Crippen LogP contribution < -0.4 is 10.6 Å². The van der Waals surface area contributed by atoms with Gasteiger partial charge in [0.15, 0.2) is 0 Å². The quantitative estimate of drug-likeness (QED) is 0.780. The number of carbonyl (C=O) groups excluding carboxylic acids is 2. The fourth-order valence-corrected chi connectivity index (χ4v) is 3.63. The second kappa shape index (κ2) is 8.50. The average molecular weight is 386 g/mol. The third-order valence-corrected chi connectivity index (χ3v) is 5.30. The first-order valence-corrected chi connectivity index (χ1v) is 9.47. The summed E-state index contributed by atoms with van der Waals surface area (Å²) < 4.78 is 26.7. The molecular weight excluding hydrogens is 362 g/mol. The van der Waals surface area contributed by atoms with Crippen molar-refractivity contribution in [2.45, 2.75) is 39.5 Å². The molecule has 6 heteroatoms. The van der Waals surface area contributed by atoms with Gasteiger partial charge in [-0.25, -0.2) is 8.78 Å². The van der Waals surface area contributed by atoms with Gasteiger partial charge in [-0.15, -0.1) is 0 Å². The van der Waals surface area contributed by atoms with Crippen molar-refractivity contribution < 1.29 is 18.4 Å². The van der Waals surface area contributed by atoms with Gasteiger partial charge in [0.05, 0.1) is 5.69 Å². The second-order valence-corrected chi connectivity index (χ2v) is 7.47. The number of halogens is 2. The van der Waals surface area contributed by atoms with Gasteiger partial charge in [-0.3, -0.25) is 9.59 Å².